The van der Waals surface area contributed by atoms with Crippen LogP contribution in [0.2, 0.25) is 10.0 Å². The minimum Gasteiger partial charge on any atom is -0.466 e. The average molecular weight is 617 g/mol. The molecule has 2 unspecified atom stereocenters. The molecule has 1 amide bonds. The number of hydrogen-bond donors (Lipinski definition) is 0. The number of halogens is 5. The largest absolute Gasteiger partial charge is 0.466 e. The number of carbonyl (C=O) groups excluding carboxylic acids is 3. The first-order chi connectivity index (χ1) is 18.9. The number of ketones is 1. The molecule has 13 heteroatoms. The quantitative estimate of drug-likeness (QED) is 0.186. The van der Waals surface area contributed by atoms with Gasteiger partial charge in [0.1, 0.15) is 0 Å². The van der Waals surface area contributed by atoms with E-state index in [4.69, 9.17) is 27.9 Å². The van der Waals surface area contributed by atoms with Crippen molar-refractivity contribution < 1.29 is 32.3 Å². The molecule has 224 valence electrons. The lowest BCUT2D eigenvalue weighted by atomic mass is 9.70. The van der Waals surface area contributed by atoms with Gasteiger partial charge in [0.15, 0.2) is 11.5 Å². The van der Waals surface area contributed by atoms with E-state index >= 15 is 0 Å². The van der Waals surface area contributed by atoms with E-state index < -0.39 is 64.4 Å². The first-order valence-corrected chi connectivity index (χ1v) is 13.7. The normalized spacial score (nSPS) is 18.7. The first kappa shape index (κ1) is 32.6. The summed E-state index contributed by atoms with van der Waals surface area (Å²) >= 11 is 12.2. The van der Waals surface area contributed by atoms with Crippen LogP contribution in [-0.2, 0) is 15.7 Å². The van der Waals surface area contributed by atoms with Crippen molar-refractivity contribution in [3.05, 3.63) is 57.6 Å². The summed E-state index contributed by atoms with van der Waals surface area (Å²) in [5.41, 5.74) is -3.34. The van der Waals surface area contributed by atoms with Crippen LogP contribution in [0, 0.1) is 16.7 Å². The third-order valence-corrected chi connectivity index (χ3v) is 7.24. The van der Waals surface area contributed by atoms with E-state index in [-0.39, 0.29) is 35.2 Å². The highest BCUT2D eigenvalue weighted by molar-refractivity contribution is 6.39. The van der Waals surface area contributed by atoms with Gasteiger partial charge < -0.3 is 9.64 Å². The molecule has 2 heterocycles. The predicted molar refractivity (Wildman–Crippen MR) is 148 cm³/mol. The number of esters is 1. The highest BCUT2D eigenvalue weighted by atomic mass is 35.5. The lowest BCUT2D eigenvalue weighted by Gasteiger charge is -2.37. The molecule has 2 aromatic rings. The Morgan fingerprint density at radius 2 is 1.71 bits per heavy atom. The molecule has 0 aromatic carbocycles. The highest BCUT2D eigenvalue weighted by Gasteiger charge is 2.45. The number of rotatable bonds is 8. The zero-order chi connectivity index (χ0) is 30.9. The molecule has 2 atom stereocenters. The van der Waals surface area contributed by atoms with Crippen molar-refractivity contribution in [2.75, 3.05) is 19.7 Å². The number of pyridine rings is 1. The summed E-state index contributed by atoms with van der Waals surface area (Å²) in [4.78, 5) is 44.2. The van der Waals surface area contributed by atoms with Crippen LogP contribution in [0.3, 0.4) is 0 Å². The van der Waals surface area contributed by atoms with Gasteiger partial charge in [0, 0.05) is 18.9 Å². The Bertz CT molecular complexity index is 1330. The number of ether oxygens (including phenoxy) is 1. The van der Waals surface area contributed by atoms with E-state index in [1.807, 2.05) is 0 Å². The SMILES string of the molecule is CCOC(=O)C1C=CC(n2ncc(C(=O)N(CC(=O)c3c(Cl)cncc3Cl)CC(C)(C)C)c2C(F)(F)F)CC1(C)C. The van der Waals surface area contributed by atoms with Crippen LogP contribution < -0.4 is 0 Å². The van der Waals surface area contributed by atoms with E-state index in [0.29, 0.717) is 0 Å². The average Bonchev–Trinajstić information content (AvgIpc) is 3.27. The van der Waals surface area contributed by atoms with Crippen LogP contribution in [0.25, 0.3) is 0 Å². The molecular formula is C28H33Cl2F3N4O4. The molecule has 0 saturated carbocycles. The fourth-order valence-electron chi connectivity index (χ4n) is 4.96. The summed E-state index contributed by atoms with van der Waals surface area (Å²) in [5, 5.41) is 3.91. The summed E-state index contributed by atoms with van der Waals surface area (Å²) in [6.07, 6.45) is 1.49. The van der Waals surface area contributed by atoms with Gasteiger partial charge in [-0.15, -0.1) is 0 Å². The molecule has 0 fully saturated rings. The summed E-state index contributed by atoms with van der Waals surface area (Å²) in [6, 6.07) is -0.888. The van der Waals surface area contributed by atoms with E-state index in [1.54, 1.807) is 41.5 Å². The molecule has 0 radical (unpaired) electrons. The summed E-state index contributed by atoms with van der Waals surface area (Å²) in [5.74, 6) is -2.78. The van der Waals surface area contributed by atoms with E-state index in [1.165, 1.54) is 24.5 Å². The Balaban J connectivity index is 2.03. The van der Waals surface area contributed by atoms with Gasteiger partial charge >= 0.3 is 12.1 Å². The van der Waals surface area contributed by atoms with E-state index in [2.05, 4.69) is 10.1 Å². The zero-order valence-electron chi connectivity index (χ0n) is 23.7. The zero-order valence-corrected chi connectivity index (χ0v) is 25.2. The van der Waals surface area contributed by atoms with Crippen LogP contribution in [0.4, 0.5) is 13.2 Å². The number of alkyl halides is 3. The van der Waals surface area contributed by atoms with Crippen molar-refractivity contribution in [2.45, 2.75) is 60.2 Å². The number of allylic oxidation sites excluding steroid dienone is 1. The molecule has 1 aliphatic carbocycles. The lowest BCUT2D eigenvalue weighted by Crippen LogP contribution is -2.42. The molecule has 0 bridgehead atoms. The molecule has 1 aliphatic rings. The summed E-state index contributed by atoms with van der Waals surface area (Å²) < 4.78 is 49.5. The molecule has 0 spiro atoms. The lowest BCUT2D eigenvalue weighted by molar-refractivity contribution is -0.151. The van der Waals surface area contributed by atoms with Crippen LogP contribution in [0.15, 0.2) is 30.7 Å². The molecule has 3 rings (SSSR count). The van der Waals surface area contributed by atoms with Crippen molar-refractivity contribution in [3.63, 3.8) is 0 Å². The Labute approximate surface area is 246 Å². The van der Waals surface area contributed by atoms with Gasteiger partial charge in [-0.2, -0.15) is 18.3 Å². The first-order valence-electron chi connectivity index (χ1n) is 13.0. The molecule has 8 nitrogen and oxygen atoms in total. The highest BCUT2D eigenvalue weighted by Crippen LogP contribution is 2.44. The summed E-state index contributed by atoms with van der Waals surface area (Å²) in [7, 11) is 0. The molecule has 0 aliphatic heterocycles. The van der Waals surface area contributed by atoms with Gasteiger partial charge in [0.25, 0.3) is 5.91 Å². The monoisotopic (exact) mass is 616 g/mol. The number of carbonyl (C=O) groups is 3. The Morgan fingerprint density at radius 1 is 1.10 bits per heavy atom. The summed E-state index contributed by atoms with van der Waals surface area (Å²) in [6.45, 7) is 10.1. The van der Waals surface area contributed by atoms with Crippen LogP contribution in [0.5, 0.6) is 0 Å². The van der Waals surface area contributed by atoms with Gasteiger partial charge in [-0.05, 0) is 24.2 Å². The standard InChI is InChI=1S/C28H33Cl2F3N4O4/c1-7-41-25(40)18-9-8-16(10-27(18,5)6)37-23(28(31,32)33)17(11-35-37)24(39)36(15-26(2,3)4)14-21(38)22-19(29)12-34-13-20(22)30/h8-9,11-13,16,18H,7,10,14-15H2,1-6H3. The topological polar surface area (TPSA) is 94.4 Å². The Hall–Kier alpha value is -2.92. The molecule has 41 heavy (non-hydrogen) atoms. The second kappa shape index (κ2) is 12.1. The maximum atomic E-state index is 14.6. The number of nitrogens with zero attached hydrogens (tertiary/aromatic N) is 4. The minimum absolute atomic E-state index is 0.0396. The molecular weight excluding hydrogens is 584 g/mol. The van der Waals surface area contributed by atoms with Crippen molar-refractivity contribution in [2.24, 2.45) is 16.7 Å². The van der Waals surface area contributed by atoms with Gasteiger partial charge in [-0.1, -0.05) is 70.0 Å². The number of hydrogen-bond acceptors (Lipinski definition) is 6. The number of aromatic nitrogens is 3. The molecule has 2 aromatic heterocycles. The van der Waals surface area contributed by atoms with Crippen molar-refractivity contribution >= 4 is 40.9 Å². The fourth-order valence-corrected chi connectivity index (χ4v) is 5.53. The van der Waals surface area contributed by atoms with E-state index in [9.17, 15) is 27.6 Å². The van der Waals surface area contributed by atoms with Gasteiger partial charge in [0.2, 0.25) is 0 Å². The predicted octanol–water partition coefficient (Wildman–Crippen LogP) is 6.68. The maximum absolute atomic E-state index is 14.6. The van der Waals surface area contributed by atoms with Crippen LogP contribution in [-0.4, -0.2) is 57.0 Å². The molecule has 0 N–H and O–H groups in total. The third kappa shape index (κ3) is 7.48. The van der Waals surface area contributed by atoms with Crippen LogP contribution >= 0.6 is 23.2 Å². The number of Topliss-reactive ketones (excluding diaryl/α,β-unsaturated/α-hetero) is 1. The second-order valence-corrected chi connectivity index (χ2v) is 12.7. The second-order valence-electron chi connectivity index (χ2n) is 11.8. The van der Waals surface area contributed by atoms with Crippen LogP contribution in [0.1, 0.15) is 80.4 Å². The van der Waals surface area contributed by atoms with Crippen molar-refractivity contribution in [3.8, 4) is 0 Å². The van der Waals surface area contributed by atoms with Crippen molar-refractivity contribution in [1.29, 1.82) is 0 Å². The van der Waals surface area contributed by atoms with Gasteiger partial charge in [-0.25, -0.2) is 0 Å². The van der Waals surface area contributed by atoms with Gasteiger partial charge in [-0.3, -0.25) is 24.0 Å². The fraction of sp³-hybridized carbons (Fsp3) is 0.536. The Kier molecular flexibility index (Phi) is 9.64. The molecule has 0 saturated heterocycles. The number of amides is 1. The third-order valence-electron chi connectivity index (χ3n) is 6.67. The van der Waals surface area contributed by atoms with Crippen molar-refractivity contribution in [1.82, 2.24) is 19.7 Å². The smallest absolute Gasteiger partial charge is 0.433 e. The Morgan fingerprint density at radius 3 is 2.22 bits per heavy atom. The van der Waals surface area contributed by atoms with Gasteiger partial charge in [0.05, 0.1) is 52.5 Å². The van der Waals surface area contributed by atoms with E-state index in [0.717, 1.165) is 15.8 Å². The minimum atomic E-state index is -4.95. The maximum Gasteiger partial charge on any atom is 0.433 e.